The van der Waals surface area contributed by atoms with Crippen molar-refractivity contribution >= 4 is 38.6 Å². The predicted octanol–water partition coefficient (Wildman–Crippen LogP) is 18.5. The second kappa shape index (κ2) is 14.1. The van der Waals surface area contributed by atoms with E-state index in [2.05, 4.69) is 267 Å². The molecule has 0 bridgehead atoms. The monoisotopic (exact) mass is 937 g/mol. The molecule has 2 spiro atoms. The molecule has 0 N–H and O–H groups in total. The van der Waals surface area contributed by atoms with E-state index in [1.165, 1.54) is 144 Å². The smallest absolute Gasteiger partial charge is 0.0726 e. The molecule has 2 atom stereocenters. The lowest BCUT2D eigenvalue weighted by atomic mass is 9.70. The van der Waals surface area contributed by atoms with Gasteiger partial charge < -0.3 is 4.90 Å². The summed E-state index contributed by atoms with van der Waals surface area (Å²) in [4.78, 5) is 2.66. The second-order valence-corrected chi connectivity index (χ2v) is 21.7. The molecule has 0 aromatic heterocycles. The Bertz CT molecular complexity index is 4260. The summed E-state index contributed by atoms with van der Waals surface area (Å²) in [6, 6.07) is 95.3. The minimum atomic E-state index is -0.527. The first-order chi connectivity index (χ1) is 36.5. The van der Waals surface area contributed by atoms with Crippen LogP contribution in [-0.4, -0.2) is 0 Å². The van der Waals surface area contributed by atoms with Crippen LogP contribution < -0.4 is 4.90 Å². The molecule has 0 saturated heterocycles. The van der Waals surface area contributed by atoms with Crippen LogP contribution in [0.3, 0.4) is 0 Å². The van der Waals surface area contributed by atoms with Crippen molar-refractivity contribution in [3.8, 4) is 55.6 Å². The zero-order valence-electron chi connectivity index (χ0n) is 41.1. The third-order valence-corrected chi connectivity index (χ3v) is 18.3. The van der Waals surface area contributed by atoms with Crippen molar-refractivity contribution in [1.82, 2.24) is 0 Å². The summed E-state index contributed by atoms with van der Waals surface area (Å²) in [5.41, 5.74) is 28.8. The molecular weight excluding hydrogens is 891 g/mol. The largest absolute Gasteiger partial charge is 0.309 e. The molecular formula is C73H47N. The summed E-state index contributed by atoms with van der Waals surface area (Å²) in [5.74, 6) is 0. The van der Waals surface area contributed by atoms with E-state index in [-0.39, 0.29) is 5.41 Å². The van der Waals surface area contributed by atoms with Crippen molar-refractivity contribution in [1.29, 1.82) is 0 Å². The Balaban J connectivity index is 0.992. The van der Waals surface area contributed by atoms with Crippen LogP contribution in [-0.2, 0) is 16.2 Å². The molecule has 0 radical (unpaired) electrons. The van der Waals surface area contributed by atoms with Crippen molar-refractivity contribution < 1.29 is 0 Å². The Kier molecular flexibility index (Phi) is 7.74. The number of rotatable bonds is 3. The quantitative estimate of drug-likeness (QED) is 0.171. The third kappa shape index (κ3) is 4.69. The normalized spacial score (nSPS) is 17.8. The van der Waals surface area contributed by atoms with Gasteiger partial charge in [-0.3, -0.25) is 0 Å². The summed E-state index contributed by atoms with van der Waals surface area (Å²) < 4.78 is 0. The fourth-order valence-electron chi connectivity index (χ4n) is 15.5. The van der Waals surface area contributed by atoms with Crippen molar-refractivity contribution in [2.75, 3.05) is 4.90 Å². The van der Waals surface area contributed by atoms with E-state index < -0.39 is 10.8 Å². The number of anilines is 3. The lowest BCUT2D eigenvalue weighted by Gasteiger charge is -2.34. The molecule has 5 aliphatic rings. The summed E-state index contributed by atoms with van der Waals surface area (Å²) in [6.45, 7) is 4.81. The number of nitrogens with zero attached hydrogens (tertiary/aromatic N) is 1. The third-order valence-electron chi connectivity index (χ3n) is 18.3. The molecule has 12 aromatic carbocycles. The van der Waals surface area contributed by atoms with E-state index in [0.29, 0.717) is 0 Å². The lowest BCUT2D eigenvalue weighted by molar-refractivity contribution is 0.660. The molecule has 1 nitrogen and oxygen atoms in total. The number of fused-ring (bicyclic) bond motifs is 27. The first-order valence-electron chi connectivity index (χ1n) is 26.3. The van der Waals surface area contributed by atoms with E-state index in [1.807, 2.05) is 0 Å². The van der Waals surface area contributed by atoms with Crippen LogP contribution in [0.1, 0.15) is 69.5 Å². The maximum absolute atomic E-state index is 2.66. The van der Waals surface area contributed by atoms with Crippen LogP contribution in [0.25, 0.3) is 77.2 Å². The molecule has 5 aliphatic carbocycles. The molecule has 74 heavy (non-hydrogen) atoms. The fraction of sp³-hybridized carbons (Fsp3) is 0.0685. The summed E-state index contributed by atoms with van der Waals surface area (Å²) >= 11 is 0. The van der Waals surface area contributed by atoms with Crippen LogP contribution in [0.2, 0.25) is 0 Å². The Morgan fingerprint density at radius 1 is 0.257 bits per heavy atom. The van der Waals surface area contributed by atoms with Crippen molar-refractivity contribution in [2.45, 2.75) is 30.1 Å². The van der Waals surface area contributed by atoms with Crippen molar-refractivity contribution in [2.24, 2.45) is 0 Å². The molecule has 12 aromatic rings. The van der Waals surface area contributed by atoms with Gasteiger partial charge in [0.25, 0.3) is 0 Å². The molecule has 344 valence electrons. The van der Waals surface area contributed by atoms with Crippen molar-refractivity contribution in [3.05, 3.63) is 304 Å². The zero-order valence-corrected chi connectivity index (χ0v) is 41.1. The number of hydrogen-bond donors (Lipinski definition) is 0. The highest BCUT2D eigenvalue weighted by atomic mass is 15.1. The Labute approximate surface area is 431 Å². The van der Waals surface area contributed by atoms with Gasteiger partial charge in [0.1, 0.15) is 0 Å². The molecule has 0 heterocycles. The zero-order chi connectivity index (χ0) is 48.7. The minimum Gasteiger partial charge on any atom is -0.309 e. The predicted molar refractivity (Wildman–Crippen MR) is 306 cm³/mol. The van der Waals surface area contributed by atoms with E-state index >= 15 is 0 Å². The summed E-state index contributed by atoms with van der Waals surface area (Å²) in [7, 11) is 0. The van der Waals surface area contributed by atoms with E-state index in [9.17, 15) is 0 Å². The molecule has 0 fully saturated rings. The van der Waals surface area contributed by atoms with Gasteiger partial charge in [-0.2, -0.15) is 0 Å². The highest BCUT2D eigenvalue weighted by molar-refractivity contribution is 6.11. The maximum Gasteiger partial charge on any atom is 0.0726 e. The van der Waals surface area contributed by atoms with Gasteiger partial charge in [0.2, 0.25) is 0 Å². The molecule has 0 amide bonds. The van der Waals surface area contributed by atoms with Crippen LogP contribution in [0, 0.1) is 0 Å². The minimum absolute atomic E-state index is 0.196. The first kappa shape index (κ1) is 40.5. The van der Waals surface area contributed by atoms with Gasteiger partial charge in [-0.05, 0) is 146 Å². The van der Waals surface area contributed by atoms with Crippen LogP contribution in [0.15, 0.2) is 249 Å². The molecule has 0 aliphatic heterocycles. The first-order valence-corrected chi connectivity index (χ1v) is 26.3. The highest BCUT2D eigenvalue weighted by Crippen LogP contribution is 2.68. The maximum atomic E-state index is 2.66. The summed E-state index contributed by atoms with van der Waals surface area (Å²) in [6.07, 6.45) is 0. The van der Waals surface area contributed by atoms with Gasteiger partial charge in [0.05, 0.1) is 22.2 Å². The van der Waals surface area contributed by atoms with Gasteiger partial charge in [-0.25, -0.2) is 0 Å². The van der Waals surface area contributed by atoms with Crippen LogP contribution in [0.4, 0.5) is 17.1 Å². The molecule has 1 heteroatoms. The highest BCUT2D eigenvalue weighted by Gasteiger charge is 2.55. The number of hydrogen-bond acceptors (Lipinski definition) is 1. The molecule has 17 rings (SSSR count). The lowest BCUT2D eigenvalue weighted by Crippen LogP contribution is -2.26. The number of benzene rings is 12. The van der Waals surface area contributed by atoms with Gasteiger partial charge in [0.15, 0.2) is 0 Å². The van der Waals surface area contributed by atoms with Crippen LogP contribution >= 0.6 is 0 Å². The Morgan fingerprint density at radius 2 is 0.622 bits per heavy atom. The second-order valence-electron chi connectivity index (χ2n) is 21.7. The SMILES string of the molecule is CC1(C)c2ccccc2-c2ccc(N(c3cccc4c3-c3ccccc3C43c4ccccc4-c4c3ccc3ccccc43)c3cccc4c3-c3ccccc3C43c4ccccc4-c4c3ccc3ccccc43)cc21. The molecule has 0 saturated carbocycles. The van der Waals surface area contributed by atoms with Crippen LogP contribution in [0.5, 0.6) is 0 Å². The topological polar surface area (TPSA) is 3.24 Å². The Morgan fingerprint density at radius 3 is 1.11 bits per heavy atom. The van der Waals surface area contributed by atoms with Gasteiger partial charge >= 0.3 is 0 Å². The average molecular weight is 938 g/mol. The van der Waals surface area contributed by atoms with Gasteiger partial charge in [0, 0.05) is 22.2 Å². The Hall–Kier alpha value is -9.04. The molecule has 2 unspecified atom stereocenters. The van der Waals surface area contributed by atoms with E-state index in [1.54, 1.807) is 0 Å². The standard InChI is InChI=1S/C73H47N/c1-71(2)55-28-12-7-23-49(55)50-40-39-46(43-64(50)71)74(65-35-17-33-60-69(65)53-26-10-15-31-58(53)72(60)56-29-13-8-24-51(56)67-47-21-5-3-19-44(47)37-41-62(67)72)66-36-18-34-61-70(66)54-27-11-16-32-59(54)73(61)57-30-14-9-25-52(57)68-48-22-6-4-20-45(48)38-42-63(68)73/h3-43H,1-2H3. The summed E-state index contributed by atoms with van der Waals surface area (Å²) in [5, 5.41) is 5.14. The van der Waals surface area contributed by atoms with E-state index in [0.717, 1.165) is 5.69 Å². The van der Waals surface area contributed by atoms with Gasteiger partial charge in [-0.1, -0.05) is 238 Å². The fourth-order valence-corrected chi connectivity index (χ4v) is 15.5. The average Bonchev–Trinajstić information content (AvgIpc) is 4.20. The van der Waals surface area contributed by atoms with Gasteiger partial charge in [-0.15, -0.1) is 0 Å². The van der Waals surface area contributed by atoms with E-state index in [4.69, 9.17) is 0 Å². The van der Waals surface area contributed by atoms with Crippen molar-refractivity contribution in [3.63, 3.8) is 0 Å².